The molecule has 1 saturated heterocycles. The molecule has 0 aromatic heterocycles. The Kier molecular flexibility index (Phi) is 5.55. The molecule has 2 amide bonds. The zero-order valence-electron chi connectivity index (χ0n) is 10.2. The van der Waals surface area contributed by atoms with Gasteiger partial charge in [0.15, 0.2) is 0 Å². The topological polar surface area (TPSA) is 64.6 Å². The third-order valence-corrected chi connectivity index (χ3v) is 2.74. The van der Waals surface area contributed by atoms with Gasteiger partial charge < -0.3 is 20.6 Å². The van der Waals surface area contributed by atoms with Crippen molar-refractivity contribution >= 4 is 6.03 Å². The average Bonchev–Trinajstić information content (AvgIpc) is 2.62. The fraction of sp³-hybridized carbons (Fsp3) is 0.909. The lowest BCUT2D eigenvalue weighted by atomic mass is 10.0. The van der Waals surface area contributed by atoms with Crippen LogP contribution < -0.4 is 10.6 Å². The molecule has 0 spiro atoms. The molecule has 1 aliphatic heterocycles. The van der Waals surface area contributed by atoms with Crippen molar-refractivity contribution in [3.63, 3.8) is 0 Å². The number of aliphatic hydroxyl groups is 1. The quantitative estimate of drug-likeness (QED) is 0.576. The Morgan fingerprint density at radius 3 is 2.81 bits per heavy atom. The number of hydrogen-bond acceptors (Lipinski definition) is 3. The van der Waals surface area contributed by atoms with E-state index in [9.17, 15) is 4.79 Å². The fourth-order valence-electron chi connectivity index (χ4n) is 1.92. The molecule has 1 atom stereocenters. The molecule has 5 nitrogen and oxygen atoms in total. The summed E-state index contributed by atoms with van der Waals surface area (Å²) in [4.78, 5) is 13.0. The molecule has 1 heterocycles. The molecule has 0 aromatic rings. The van der Waals surface area contributed by atoms with Crippen molar-refractivity contribution in [3.8, 4) is 0 Å². The monoisotopic (exact) mass is 229 g/mol. The normalized spacial score (nSPS) is 18.0. The number of carbonyl (C=O) groups excluding carboxylic acids is 1. The van der Waals surface area contributed by atoms with Crippen LogP contribution in [0.1, 0.15) is 20.3 Å². The van der Waals surface area contributed by atoms with Gasteiger partial charge in [0, 0.05) is 32.2 Å². The van der Waals surface area contributed by atoms with Crippen LogP contribution in [0.15, 0.2) is 0 Å². The number of rotatable bonds is 7. The van der Waals surface area contributed by atoms with Crippen molar-refractivity contribution in [1.82, 2.24) is 15.5 Å². The molecule has 1 aliphatic rings. The minimum absolute atomic E-state index is 0.0196. The first-order chi connectivity index (χ1) is 7.63. The maximum Gasteiger partial charge on any atom is 0.317 e. The second-order valence-corrected chi connectivity index (χ2v) is 4.68. The van der Waals surface area contributed by atoms with Crippen molar-refractivity contribution in [3.05, 3.63) is 0 Å². The first-order valence-corrected chi connectivity index (χ1v) is 6.00. The van der Waals surface area contributed by atoms with E-state index in [-0.39, 0.29) is 18.7 Å². The lowest BCUT2D eigenvalue weighted by Gasteiger charge is -2.20. The third-order valence-electron chi connectivity index (χ3n) is 2.74. The SMILES string of the molecule is CC(C)CC(CO)NCCN1CCNC1=O. The lowest BCUT2D eigenvalue weighted by molar-refractivity contribution is 0.207. The van der Waals surface area contributed by atoms with Crippen molar-refractivity contribution in [2.75, 3.05) is 32.8 Å². The third kappa shape index (κ3) is 4.37. The van der Waals surface area contributed by atoms with E-state index < -0.39 is 0 Å². The summed E-state index contributed by atoms with van der Waals surface area (Å²) >= 11 is 0. The Balaban J connectivity index is 2.15. The maximum atomic E-state index is 11.2. The number of nitrogens with one attached hydrogen (secondary N) is 2. The molecule has 0 saturated carbocycles. The van der Waals surface area contributed by atoms with Crippen molar-refractivity contribution in [2.24, 2.45) is 5.92 Å². The van der Waals surface area contributed by atoms with Gasteiger partial charge in [-0.25, -0.2) is 4.79 Å². The molecule has 3 N–H and O–H groups in total. The summed E-state index contributed by atoms with van der Waals surface area (Å²) in [5.74, 6) is 0.569. The van der Waals surface area contributed by atoms with Crippen LogP contribution in [0.2, 0.25) is 0 Å². The second kappa shape index (κ2) is 6.70. The molecule has 1 unspecified atom stereocenters. The van der Waals surface area contributed by atoms with E-state index >= 15 is 0 Å². The summed E-state index contributed by atoms with van der Waals surface area (Å²) in [6.45, 7) is 7.41. The number of hydrogen-bond donors (Lipinski definition) is 3. The van der Waals surface area contributed by atoms with Crippen LogP contribution in [0.3, 0.4) is 0 Å². The van der Waals surface area contributed by atoms with Gasteiger partial charge in [-0.2, -0.15) is 0 Å². The number of amides is 2. The van der Waals surface area contributed by atoms with E-state index in [1.54, 1.807) is 4.90 Å². The average molecular weight is 229 g/mol. The van der Waals surface area contributed by atoms with Gasteiger partial charge in [0.05, 0.1) is 6.61 Å². The molecule has 1 rings (SSSR count). The van der Waals surface area contributed by atoms with Crippen molar-refractivity contribution in [2.45, 2.75) is 26.3 Å². The van der Waals surface area contributed by atoms with Crippen molar-refractivity contribution in [1.29, 1.82) is 0 Å². The van der Waals surface area contributed by atoms with E-state index in [4.69, 9.17) is 5.11 Å². The first kappa shape index (κ1) is 13.3. The summed E-state index contributed by atoms with van der Waals surface area (Å²) < 4.78 is 0. The van der Waals surface area contributed by atoms with Gasteiger partial charge in [-0.05, 0) is 12.3 Å². The van der Waals surface area contributed by atoms with Crippen LogP contribution in [-0.4, -0.2) is 54.9 Å². The molecule has 16 heavy (non-hydrogen) atoms. The number of aliphatic hydroxyl groups excluding tert-OH is 1. The van der Waals surface area contributed by atoms with E-state index in [1.165, 1.54) is 0 Å². The molecule has 0 bridgehead atoms. The van der Waals surface area contributed by atoms with Crippen LogP contribution in [0, 0.1) is 5.92 Å². The summed E-state index contributed by atoms with van der Waals surface area (Å²) in [6, 6.07) is 0.164. The highest BCUT2D eigenvalue weighted by atomic mass is 16.3. The predicted molar refractivity (Wildman–Crippen MR) is 63.3 cm³/mol. The van der Waals surface area contributed by atoms with Crippen LogP contribution in [0.5, 0.6) is 0 Å². The molecule has 5 heteroatoms. The summed E-state index contributed by atoms with van der Waals surface area (Å²) in [5, 5.41) is 15.2. The smallest absolute Gasteiger partial charge is 0.317 e. The van der Waals surface area contributed by atoms with Crippen molar-refractivity contribution < 1.29 is 9.90 Å². The van der Waals surface area contributed by atoms with Gasteiger partial charge in [0.25, 0.3) is 0 Å². The Labute approximate surface area is 97.2 Å². The molecule has 1 fully saturated rings. The van der Waals surface area contributed by atoms with Gasteiger partial charge in [0.2, 0.25) is 0 Å². The molecule has 94 valence electrons. The maximum absolute atomic E-state index is 11.2. The van der Waals surface area contributed by atoms with Gasteiger partial charge in [0.1, 0.15) is 0 Å². The van der Waals surface area contributed by atoms with Crippen LogP contribution in [0.4, 0.5) is 4.79 Å². The molecule has 0 aromatic carbocycles. The largest absolute Gasteiger partial charge is 0.395 e. The predicted octanol–water partition coefficient (Wildman–Crippen LogP) is 0.00820. The van der Waals surface area contributed by atoms with E-state index in [2.05, 4.69) is 24.5 Å². The summed E-state index contributed by atoms with van der Waals surface area (Å²) in [5.41, 5.74) is 0. The van der Waals surface area contributed by atoms with Gasteiger partial charge in [-0.15, -0.1) is 0 Å². The second-order valence-electron chi connectivity index (χ2n) is 4.68. The molecular formula is C11H23N3O2. The highest BCUT2D eigenvalue weighted by molar-refractivity contribution is 5.76. The standard InChI is InChI=1S/C11H23N3O2/c1-9(2)7-10(8-15)12-3-5-14-6-4-13-11(14)16/h9-10,12,15H,3-8H2,1-2H3,(H,13,16). The highest BCUT2D eigenvalue weighted by Gasteiger charge is 2.18. The van der Waals surface area contributed by atoms with Gasteiger partial charge in [-0.3, -0.25) is 0 Å². The minimum Gasteiger partial charge on any atom is -0.395 e. The Bertz CT molecular complexity index is 221. The van der Waals surface area contributed by atoms with Crippen LogP contribution in [-0.2, 0) is 0 Å². The Morgan fingerprint density at radius 1 is 1.56 bits per heavy atom. The number of carbonyl (C=O) groups is 1. The number of nitrogens with zero attached hydrogens (tertiary/aromatic N) is 1. The zero-order valence-corrected chi connectivity index (χ0v) is 10.2. The number of urea groups is 1. The van der Waals surface area contributed by atoms with Gasteiger partial charge >= 0.3 is 6.03 Å². The Morgan fingerprint density at radius 2 is 2.31 bits per heavy atom. The van der Waals surface area contributed by atoms with Crippen LogP contribution in [0.25, 0.3) is 0 Å². The van der Waals surface area contributed by atoms with Crippen LogP contribution >= 0.6 is 0 Å². The summed E-state index contributed by atoms with van der Waals surface area (Å²) in [6.07, 6.45) is 0.961. The fourth-order valence-corrected chi connectivity index (χ4v) is 1.92. The van der Waals surface area contributed by atoms with E-state index in [0.717, 1.165) is 26.1 Å². The first-order valence-electron chi connectivity index (χ1n) is 6.00. The molecular weight excluding hydrogens is 206 g/mol. The van der Waals surface area contributed by atoms with E-state index in [0.29, 0.717) is 12.5 Å². The lowest BCUT2D eigenvalue weighted by Crippen LogP contribution is -2.40. The minimum atomic E-state index is 0.0196. The zero-order chi connectivity index (χ0) is 12.0. The summed E-state index contributed by atoms with van der Waals surface area (Å²) in [7, 11) is 0. The highest BCUT2D eigenvalue weighted by Crippen LogP contribution is 2.04. The van der Waals surface area contributed by atoms with Gasteiger partial charge in [-0.1, -0.05) is 13.8 Å². The molecule has 0 radical (unpaired) electrons. The van der Waals surface area contributed by atoms with E-state index in [1.807, 2.05) is 0 Å². The molecule has 0 aliphatic carbocycles. The Hall–Kier alpha value is -0.810.